The smallest absolute Gasteiger partial charge is 0.315 e. The highest BCUT2D eigenvalue weighted by Crippen LogP contribution is 2.36. The number of amides is 2. The van der Waals surface area contributed by atoms with Crippen LogP contribution in [0.2, 0.25) is 0 Å². The van der Waals surface area contributed by atoms with Crippen LogP contribution in [0.1, 0.15) is 31.4 Å². The molecule has 158 valence electrons. The monoisotopic (exact) mass is 403 g/mol. The zero-order chi connectivity index (χ0) is 21.6. The van der Waals surface area contributed by atoms with Crippen LogP contribution in [-0.4, -0.2) is 48.7 Å². The third-order valence-electron chi connectivity index (χ3n) is 5.54. The maximum Gasteiger partial charge on any atom is 0.315 e. The number of nitrogens with zero attached hydrogens (tertiary/aromatic N) is 2. The second-order valence-electron chi connectivity index (χ2n) is 7.67. The largest absolute Gasteiger partial charge is 0.351 e. The summed E-state index contributed by atoms with van der Waals surface area (Å²) in [5.74, 6) is -0.0768. The molecule has 1 aromatic rings. The van der Waals surface area contributed by atoms with E-state index in [-0.39, 0.29) is 17.8 Å². The van der Waals surface area contributed by atoms with Crippen LogP contribution in [0.4, 0.5) is 13.6 Å². The van der Waals surface area contributed by atoms with Crippen LogP contribution in [0, 0.1) is 11.7 Å². The van der Waals surface area contributed by atoms with Gasteiger partial charge in [0.05, 0.1) is 6.04 Å². The first kappa shape index (κ1) is 22.8. The number of carbonyl (C=O) groups excluding carboxylic acids is 1. The highest BCUT2D eigenvalue weighted by Gasteiger charge is 2.30. The van der Waals surface area contributed by atoms with Gasteiger partial charge in [-0.1, -0.05) is 44.4 Å². The molecule has 1 unspecified atom stereocenters. The molecular formula is C23H31F2N3O. The number of rotatable bonds is 3. The Morgan fingerprint density at radius 1 is 1.21 bits per heavy atom. The minimum absolute atomic E-state index is 0.240. The third kappa shape index (κ3) is 5.76. The normalized spacial score (nSPS) is 25.1. The third-order valence-corrected chi connectivity index (χ3v) is 5.54. The van der Waals surface area contributed by atoms with E-state index < -0.39 is 12.2 Å². The minimum Gasteiger partial charge on any atom is -0.351 e. The maximum absolute atomic E-state index is 13.1. The zero-order valence-electron chi connectivity index (χ0n) is 17.3. The van der Waals surface area contributed by atoms with Crippen LogP contribution in [0.15, 0.2) is 60.7 Å². The van der Waals surface area contributed by atoms with Crippen LogP contribution >= 0.6 is 0 Å². The van der Waals surface area contributed by atoms with E-state index in [1.807, 2.05) is 14.0 Å². The molecule has 3 atom stereocenters. The number of nitrogens with two attached hydrogens (primary N) is 1. The number of carbonyl (C=O) groups is 1. The first-order valence-electron chi connectivity index (χ1n) is 9.90. The van der Waals surface area contributed by atoms with E-state index in [1.54, 1.807) is 29.2 Å². The summed E-state index contributed by atoms with van der Waals surface area (Å²) in [6.45, 7) is 11.9. The fourth-order valence-electron chi connectivity index (χ4n) is 3.89. The molecule has 0 radical (unpaired) electrons. The Morgan fingerprint density at radius 2 is 1.86 bits per heavy atom. The van der Waals surface area contributed by atoms with Crippen molar-refractivity contribution in [2.24, 2.45) is 11.7 Å². The quantitative estimate of drug-likeness (QED) is 0.801. The van der Waals surface area contributed by atoms with Crippen LogP contribution in [-0.2, 0) is 0 Å². The molecule has 2 aliphatic rings. The number of urea groups is 1. The minimum atomic E-state index is -0.554. The molecule has 0 aliphatic carbocycles. The molecule has 1 fully saturated rings. The molecule has 0 saturated carbocycles. The zero-order valence-corrected chi connectivity index (χ0v) is 17.3. The van der Waals surface area contributed by atoms with Crippen molar-refractivity contribution in [1.82, 2.24) is 9.80 Å². The molecule has 1 aromatic carbocycles. The van der Waals surface area contributed by atoms with Gasteiger partial charge in [-0.2, -0.15) is 0 Å². The van der Waals surface area contributed by atoms with Gasteiger partial charge in [-0.15, -0.1) is 0 Å². The van der Waals surface area contributed by atoms with Gasteiger partial charge in [-0.25, -0.2) is 13.6 Å². The van der Waals surface area contributed by atoms with E-state index >= 15 is 0 Å². The summed E-state index contributed by atoms with van der Waals surface area (Å²) in [5.41, 5.74) is 8.18. The number of primary amides is 1. The fraction of sp³-hybridized carbons (Fsp3) is 0.435. The van der Waals surface area contributed by atoms with Crippen molar-refractivity contribution < 1.29 is 13.6 Å². The van der Waals surface area contributed by atoms with Crippen molar-refractivity contribution in [2.75, 3.05) is 26.7 Å². The molecule has 4 nitrogen and oxygen atoms in total. The average molecular weight is 404 g/mol. The van der Waals surface area contributed by atoms with Gasteiger partial charge < -0.3 is 15.5 Å². The molecule has 2 amide bonds. The summed E-state index contributed by atoms with van der Waals surface area (Å²) < 4.78 is 25.8. The van der Waals surface area contributed by atoms with Crippen molar-refractivity contribution in [3.63, 3.8) is 0 Å². The molecule has 2 heterocycles. The fourth-order valence-corrected chi connectivity index (χ4v) is 3.89. The van der Waals surface area contributed by atoms with E-state index in [1.165, 1.54) is 12.1 Å². The summed E-state index contributed by atoms with van der Waals surface area (Å²) in [6.07, 6.45) is 4.33. The number of halogens is 2. The van der Waals surface area contributed by atoms with Gasteiger partial charge in [0, 0.05) is 25.6 Å². The lowest BCUT2D eigenvalue weighted by molar-refractivity contribution is 0.116. The molecule has 29 heavy (non-hydrogen) atoms. The molecular weight excluding hydrogens is 372 g/mol. The van der Waals surface area contributed by atoms with E-state index in [4.69, 9.17) is 5.73 Å². The van der Waals surface area contributed by atoms with Crippen LogP contribution in [0.25, 0.3) is 0 Å². The Morgan fingerprint density at radius 3 is 2.34 bits per heavy atom. The lowest BCUT2D eigenvalue weighted by atomic mass is 9.88. The standard InChI is InChI=1S/C16H17FN2O.C7H14FN/c1-3-11-9-10-19(16(18)20)15(14(11)4-2)12-5-7-13(17)8-6-12;1-6-5-9(2)4-3-7(6)8/h3-8,15H,1-2,9-10H2,(H2,18,20);6-7H,3-5H2,1-2H3/t15-;6-,7?/m01/s1. The van der Waals surface area contributed by atoms with Gasteiger partial charge in [0.1, 0.15) is 12.0 Å². The van der Waals surface area contributed by atoms with Crippen molar-refractivity contribution in [3.05, 3.63) is 72.1 Å². The summed E-state index contributed by atoms with van der Waals surface area (Å²) in [7, 11) is 2.04. The number of alkyl halides is 1. The van der Waals surface area contributed by atoms with Gasteiger partial charge in [0.15, 0.2) is 0 Å². The molecule has 3 rings (SSSR count). The first-order valence-corrected chi connectivity index (χ1v) is 9.90. The number of hydrogen-bond donors (Lipinski definition) is 1. The van der Waals surface area contributed by atoms with Gasteiger partial charge in [-0.3, -0.25) is 0 Å². The SMILES string of the molecule is C=CC1=C(C=C)[C@H](c2ccc(F)cc2)N(C(N)=O)CC1.C[C@@H]1CN(C)CCC1F. The van der Waals surface area contributed by atoms with Crippen molar-refractivity contribution >= 4 is 6.03 Å². The first-order chi connectivity index (χ1) is 13.8. The number of benzene rings is 1. The number of piperidine rings is 1. The summed E-state index contributed by atoms with van der Waals surface area (Å²) >= 11 is 0. The lowest BCUT2D eigenvalue weighted by Crippen LogP contribution is -2.42. The maximum atomic E-state index is 13.1. The van der Waals surface area contributed by atoms with Crippen LogP contribution in [0.3, 0.4) is 0 Å². The highest BCUT2D eigenvalue weighted by atomic mass is 19.1. The molecule has 2 N–H and O–H groups in total. The Balaban J connectivity index is 0.000000278. The van der Waals surface area contributed by atoms with E-state index in [2.05, 4.69) is 18.1 Å². The van der Waals surface area contributed by atoms with E-state index in [9.17, 15) is 13.6 Å². The predicted octanol–water partition coefficient (Wildman–Crippen LogP) is 4.62. The number of allylic oxidation sites excluding steroid dienone is 1. The highest BCUT2D eigenvalue weighted by molar-refractivity contribution is 5.74. The summed E-state index contributed by atoms with van der Waals surface area (Å²) in [4.78, 5) is 15.4. The summed E-state index contributed by atoms with van der Waals surface area (Å²) in [5, 5.41) is 0. The van der Waals surface area contributed by atoms with Gasteiger partial charge in [-0.05, 0) is 48.7 Å². The number of hydrogen-bond acceptors (Lipinski definition) is 2. The molecule has 0 aromatic heterocycles. The Labute approximate surface area is 172 Å². The van der Waals surface area contributed by atoms with Crippen molar-refractivity contribution in [3.8, 4) is 0 Å². The molecule has 6 heteroatoms. The van der Waals surface area contributed by atoms with Crippen LogP contribution in [0.5, 0.6) is 0 Å². The second kappa shape index (κ2) is 10.3. The van der Waals surface area contributed by atoms with E-state index in [0.29, 0.717) is 13.0 Å². The van der Waals surface area contributed by atoms with E-state index in [0.717, 1.165) is 36.2 Å². The molecule has 2 aliphatic heterocycles. The van der Waals surface area contributed by atoms with Gasteiger partial charge >= 0.3 is 6.03 Å². The molecule has 0 bridgehead atoms. The Bertz CT molecular complexity index is 760. The van der Waals surface area contributed by atoms with Gasteiger partial charge in [0.2, 0.25) is 0 Å². The summed E-state index contributed by atoms with van der Waals surface area (Å²) in [6, 6.07) is 5.22. The molecule has 0 spiro atoms. The van der Waals surface area contributed by atoms with Crippen LogP contribution < -0.4 is 5.73 Å². The Kier molecular flexibility index (Phi) is 8.14. The average Bonchev–Trinajstić information content (AvgIpc) is 2.70. The molecule has 1 saturated heterocycles. The lowest BCUT2D eigenvalue weighted by Gasteiger charge is -2.36. The predicted molar refractivity (Wildman–Crippen MR) is 114 cm³/mol. The number of likely N-dealkylation sites (tertiary alicyclic amines) is 1. The van der Waals surface area contributed by atoms with Gasteiger partial charge in [0.25, 0.3) is 0 Å². The Hall–Kier alpha value is -2.47. The topological polar surface area (TPSA) is 49.6 Å². The second-order valence-corrected chi connectivity index (χ2v) is 7.67. The van der Waals surface area contributed by atoms with Crippen molar-refractivity contribution in [1.29, 1.82) is 0 Å². The van der Waals surface area contributed by atoms with Crippen molar-refractivity contribution in [2.45, 2.75) is 32.0 Å².